The van der Waals surface area contributed by atoms with Crippen LogP contribution in [0.1, 0.15) is 18.5 Å². The van der Waals surface area contributed by atoms with Crippen LogP contribution >= 0.6 is 0 Å². The van der Waals surface area contributed by atoms with E-state index < -0.39 is 0 Å². The molecule has 2 aromatic rings. The molecular formula is C17H21NO2. The van der Waals surface area contributed by atoms with Gasteiger partial charge in [0.1, 0.15) is 18.1 Å². The van der Waals surface area contributed by atoms with Gasteiger partial charge < -0.3 is 14.8 Å². The second-order valence-electron chi connectivity index (χ2n) is 4.61. The van der Waals surface area contributed by atoms with Crippen LogP contribution in [0.25, 0.3) is 0 Å². The Morgan fingerprint density at radius 2 is 1.75 bits per heavy atom. The van der Waals surface area contributed by atoms with Gasteiger partial charge in [-0.2, -0.15) is 0 Å². The minimum Gasteiger partial charge on any atom is -0.497 e. The number of methoxy groups -OCH3 is 1. The third-order valence-corrected chi connectivity index (χ3v) is 3.16. The topological polar surface area (TPSA) is 30.5 Å². The average Bonchev–Trinajstić information content (AvgIpc) is 2.52. The van der Waals surface area contributed by atoms with Crippen LogP contribution in [-0.4, -0.2) is 20.3 Å². The molecule has 0 amide bonds. The normalized spacial score (nSPS) is 11.9. The highest BCUT2D eigenvalue weighted by Gasteiger charge is 2.05. The number of hydrogen-bond acceptors (Lipinski definition) is 3. The fourth-order valence-electron chi connectivity index (χ4n) is 1.99. The number of nitrogens with one attached hydrogen (secondary N) is 1. The van der Waals surface area contributed by atoms with Crippen LogP contribution in [0.2, 0.25) is 0 Å². The van der Waals surface area contributed by atoms with Gasteiger partial charge in [-0.3, -0.25) is 0 Å². The Morgan fingerprint density at radius 1 is 1.00 bits per heavy atom. The fourth-order valence-corrected chi connectivity index (χ4v) is 1.99. The first-order valence-electron chi connectivity index (χ1n) is 6.85. The zero-order valence-electron chi connectivity index (χ0n) is 12.0. The van der Waals surface area contributed by atoms with E-state index in [-0.39, 0.29) is 6.04 Å². The van der Waals surface area contributed by atoms with Crippen LogP contribution in [0, 0.1) is 0 Å². The molecule has 1 N–H and O–H groups in total. The van der Waals surface area contributed by atoms with Gasteiger partial charge in [-0.05, 0) is 36.8 Å². The van der Waals surface area contributed by atoms with Gasteiger partial charge in [-0.1, -0.05) is 30.3 Å². The summed E-state index contributed by atoms with van der Waals surface area (Å²) >= 11 is 0. The van der Waals surface area contributed by atoms with Crippen molar-refractivity contribution in [2.45, 2.75) is 13.0 Å². The van der Waals surface area contributed by atoms with Crippen molar-refractivity contribution in [3.8, 4) is 11.5 Å². The van der Waals surface area contributed by atoms with E-state index in [1.807, 2.05) is 42.5 Å². The standard InChI is InChI=1S/C17H21NO2/c1-14(15-7-6-10-17(13-15)19-2)18-11-12-20-16-8-4-3-5-9-16/h3-10,13-14,18H,11-12H2,1-2H3/t14-/m1/s1. The van der Waals surface area contributed by atoms with Crippen LogP contribution in [-0.2, 0) is 0 Å². The minimum atomic E-state index is 0.268. The molecule has 20 heavy (non-hydrogen) atoms. The van der Waals surface area contributed by atoms with E-state index in [1.54, 1.807) is 7.11 Å². The number of ether oxygens (including phenoxy) is 2. The van der Waals surface area contributed by atoms with Gasteiger partial charge >= 0.3 is 0 Å². The van der Waals surface area contributed by atoms with E-state index in [4.69, 9.17) is 9.47 Å². The smallest absolute Gasteiger partial charge is 0.119 e. The van der Waals surface area contributed by atoms with Gasteiger partial charge in [-0.15, -0.1) is 0 Å². The zero-order valence-corrected chi connectivity index (χ0v) is 12.0. The first kappa shape index (κ1) is 14.4. The van der Waals surface area contributed by atoms with Gasteiger partial charge in [0.25, 0.3) is 0 Å². The van der Waals surface area contributed by atoms with E-state index in [0.29, 0.717) is 6.61 Å². The Hall–Kier alpha value is -2.00. The fraction of sp³-hybridized carbons (Fsp3) is 0.294. The molecule has 3 nitrogen and oxygen atoms in total. The van der Waals surface area contributed by atoms with Crippen LogP contribution in [0.4, 0.5) is 0 Å². The van der Waals surface area contributed by atoms with Crippen molar-refractivity contribution in [3.63, 3.8) is 0 Å². The molecule has 0 fully saturated rings. The van der Waals surface area contributed by atoms with E-state index >= 15 is 0 Å². The molecule has 0 spiro atoms. The maximum Gasteiger partial charge on any atom is 0.119 e. The highest BCUT2D eigenvalue weighted by atomic mass is 16.5. The molecule has 0 aromatic heterocycles. The van der Waals surface area contributed by atoms with Gasteiger partial charge in [-0.25, -0.2) is 0 Å². The third-order valence-electron chi connectivity index (χ3n) is 3.16. The molecule has 0 heterocycles. The molecule has 3 heteroatoms. The summed E-state index contributed by atoms with van der Waals surface area (Å²) in [6.07, 6.45) is 0. The molecule has 2 rings (SSSR count). The van der Waals surface area contributed by atoms with Gasteiger partial charge in [0.15, 0.2) is 0 Å². The van der Waals surface area contributed by atoms with Gasteiger partial charge in [0, 0.05) is 12.6 Å². The lowest BCUT2D eigenvalue weighted by Gasteiger charge is -2.15. The monoisotopic (exact) mass is 271 g/mol. The second kappa shape index (κ2) is 7.56. The summed E-state index contributed by atoms with van der Waals surface area (Å²) in [6, 6.07) is 18.2. The summed E-state index contributed by atoms with van der Waals surface area (Å²) in [5.41, 5.74) is 1.21. The summed E-state index contributed by atoms with van der Waals surface area (Å²) in [5, 5.41) is 3.44. The van der Waals surface area contributed by atoms with E-state index in [2.05, 4.69) is 24.4 Å². The first-order chi connectivity index (χ1) is 9.79. The molecule has 0 aliphatic rings. The van der Waals surface area contributed by atoms with Crippen molar-refractivity contribution >= 4 is 0 Å². The molecule has 0 aliphatic carbocycles. The zero-order chi connectivity index (χ0) is 14.2. The van der Waals surface area contributed by atoms with E-state index in [9.17, 15) is 0 Å². The lowest BCUT2D eigenvalue weighted by Crippen LogP contribution is -2.24. The Kier molecular flexibility index (Phi) is 5.44. The summed E-state index contributed by atoms with van der Waals surface area (Å²) in [7, 11) is 1.69. The predicted octanol–water partition coefficient (Wildman–Crippen LogP) is 3.42. The Balaban J connectivity index is 1.76. The van der Waals surface area contributed by atoms with Crippen molar-refractivity contribution in [3.05, 3.63) is 60.2 Å². The molecule has 0 saturated carbocycles. The molecule has 0 aliphatic heterocycles. The molecule has 1 atom stereocenters. The van der Waals surface area contributed by atoms with Crippen LogP contribution in [0.15, 0.2) is 54.6 Å². The lowest BCUT2D eigenvalue weighted by atomic mass is 10.1. The van der Waals surface area contributed by atoms with Crippen LogP contribution in [0.3, 0.4) is 0 Å². The molecule has 0 bridgehead atoms. The average molecular weight is 271 g/mol. The lowest BCUT2D eigenvalue weighted by molar-refractivity contribution is 0.307. The molecule has 0 radical (unpaired) electrons. The van der Waals surface area contributed by atoms with Gasteiger partial charge in [0.05, 0.1) is 7.11 Å². The summed E-state index contributed by atoms with van der Waals surface area (Å²) in [4.78, 5) is 0. The summed E-state index contributed by atoms with van der Waals surface area (Å²) in [5.74, 6) is 1.79. The maximum atomic E-state index is 5.65. The molecule has 2 aromatic carbocycles. The number of rotatable bonds is 7. The Labute approximate surface area is 120 Å². The summed E-state index contributed by atoms with van der Waals surface area (Å²) in [6.45, 7) is 3.59. The predicted molar refractivity (Wildman–Crippen MR) is 81.3 cm³/mol. The third kappa shape index (κ3) is 4.28. The van der Waals surface area contributed by atoms with Crippen molar-refractivity contribution in [1.82, 2.24) is 5.32 Å². The highest BCUT2D eigenvalue weighted by Crippen LogP contribution is 2.18. The maximum absolute atomic E-state index is 5.65. The molecule has 106 valence electrons. The minimum absolute atomic E-state index is 0.268. The first-order valence-corrected chi connectivity index (χ1v) is 6.85. The van der Waals surface area contributed by atoms with E-state index in [1.165, 1.54) is 5.56 Å². The second-order valence-corrected chi connectivity index (χ2v) is 4.61. The molecule has 0 unspecified atom stereocenters. The van der Waals surface area contributed by atoms with Crippen molar-refractivity contribution in [2.75, 3.05) is 20.3 Å². The SMILES string of the molecule is COc1cccc([C@@H](C)NCCOc2ccccc2)c1. The molecular weight excluding hydrogens is 250 g/mol. The van der Waals surface area contributed by atoms with Crippen LogP contribution in [0.5, 0.6) is 11.5 Å². The van der Waals surface area contributed by atoms with Crippen LogP contribution < -0.4 is 14.8 Å². The quantitative estimate of drug-likeness (QED) is 0.783. The number of para-hydroxylation sites is 1. The van der Waals surface area contributed by atoms with Crippen molar-refractivity contribution in [1.29, 1.82) is 0 Å². The van der Waals surface area contributed by atoms with E-state index in [0.717, 1.165) is 18.0 Å². The van der Waals surface area contributed by atoms with Crippen molar-refractivity contribution < 1.29 is 9.47 Å². The van der Waals surface area contributed by atoms with Gasteiger partial charge in [0.2, 0.25) is 0 Å². The summed E-state index contributed by atoms with van der Waals surface area (Å²) < 4.78 is 10.9. The number of benzene rings is 2. The number of hydrogen-bond donors (Lipinski definition) is 1. The van der Waals surface area contributed by atoms with Crippen molar-refractivity contribution in [2.24, 2.45) is 0 Å². The Bertz CT molecular complexity index is 513. The largest absolute Gasteiger partial charge is 0.497 e. The molecule has 0 saturated heterocycles. The highest BCUT2D eigenvalue weighted by molar-refractivity contribution is 5.30. The Morgan fingerprint density at radius 3 is 2.50 bits per heavy atom.